The van der Waals surface area contributed by atoms with E-state index in [0.717, 1.165) is 64.5 Å². The third kappa shape index (κ3) is 4.64. The number of thiophene rings is 2. The zero-order valence-corrected chi connectivity index (χ0v) is 32.4. The molecule has 2 nitrogen and oxygen atoms in total. The molecule has 58 heavy (non-hydrogen) atoms. The van der Waals surface area contributed by atoms with Crippen molar-refractivity contribution in [1.29, 1.82) is 0 Å². The average molecular weight is 778 g/mol. The second-order valence-corrected chi connectivity index (χ2v) is 17.1. The van der Waals surface area contributed by atoms with Gasteiger partial charge in [-0.25, -0.2) is 0 Å². The molecule has 0 unspecified atom stereocenters. The van der Waals surface area contributed by atoms with Gasteiger partial charge in [0.2, 0.25) is 0 Å². The molecule has 0 spiro atoms. The van der Waals surface area contributed by atoms with E-state index in [9.17, 15) is 0 Å². The molecule has 0 saturated heterocycles. The summed E-state index contributed by atoms with van der Waals surface area (Å²) in [5, 5.41) is 9.17. The molecule has 0 aliphatic rings. The van der Waals surface area contributed by atoms with Crippen LogP contribution in [0.15, 0.2) is 194 Å². The van der Waals surface area contributed by atoms with Crippen molar-refractivity contribution in [3.63, 3.8) is 0 Å². The fraction of sp³-hybridized carbons (Fsp3) is 0. The molecule has 0 aliphatic heterocycles. The minimum Gasteiger partial charge on any atom is -0.309 e. The van der Waals surface area contributed by atoms with Gasteiger partial charge in [-0.2, -0.15) is 0 Å². The first-order valence-corrected chi connectivity index (χ1v) is 21.0. The maximum absolute atomic E-state index is 8.80. The fourth-order valence-corrected chi connectivity index (χ4v) is 11.5. The van der Waals surface area contributed by atoms with Crippen LogP contribution in [-0.4, -0.2) is 9.13 Å². The SMILES string of the molecule is [2H]c1c([2H])c([2H])c(-c2cccc3sc4ccc(-n5c6ccccc6c6cc(-c7ccc8c(c7)c7ccccc7n8-c7ccc8sc9ccccc9c8c7)ccc65)cc4c23)c([2H])c1[2H]. The standard InChI is InChI=1S/C54H32N2S2/c1-2-11-33(12-3-1)38-16-10-20-53-54(38)45-32-37(24-28-52(45)58-53)56-47-18-8-5-14-40(47)43-30-35(22-26-49(43)56)34-21-25-48-42(29-34)39-13-4-7-17-46(39)55(48)36-23-27-51-44(31-36)41-15-6-9-19-50(41)57-51/h1-32H/i1D,2D,3D,11D,12D. The second kappa shape index (κ2) is 12.3. The Morgan fingerprint density at radius 2 is 0.862 bits per heavy atom. The van der Waals surface area contributed by atoms with Crippen LogP contribution in [-0.2, 0) is 0 Å². The summed E-state index contributed by atoms with van der Waals surface area (Å²) in [4.78, 5) is 0. The first kappa shape index (κ1) is 27.6. The normalized spacial score (nSPS) is 13.3. The predicted octanol–water partition coefficient (Wildman–Crippen LogP) is 16.0. The van der Waals surface area contributed by atoms with E-state index in [1.54, 1.807) is 11.3 Å². The first-order valence-electron chi connectivity index (χ1n) is 21.8. The molecule has 0 bridgehead atoms. The van der Waals surface area contributed by atoms with Crippen molar-refractivity contribution in [2.75, 3.05) is 0 Å². The van der Waals surface area contributed by atoms with Crippen LogP contribution < -0.4 is 0 Å². The van der Waals surface area contributed by atoms with Crippen molar-refractivity contribution in [2.24, 2.45) is 0 Å². The molecule has 13 rings (SSSR count). The Morgan fingerprint density at radius 3 is 1.53 bits per heavy atom. The van der Waals surface area contributed by atoms with E-state index in [2.05, 4.69) is 155 Å². The van der Waals surface area contributed by atoms with Gasteiger partial charge in [0.25, 0.3) is 0 Å². The van der Waals surface area contributed by atoms with E-state index >= 15 is 0 Å². The lowest BCUT2D eigenvalue weighted by atomic mass is 9.99. The summed E-state index contributed by atoms with van der Waals surface area (Å²) in [6.07, 6.45) is 0. The summed E-state index contributed by atoms with van der Waals surface area (Å²) in [7, 11) is 0. The van der Waals surface area contributed by atoms with Crippen LogP contribution >= 0.6 is 22.7 Å². The molecule has 0 radical (unpaired) electrons. The molecule has 0 fully saturated rings. The Balaban J connectivity index is 0.968. The van der Waals surface area contributed by atoms with Crippen LogP contribution in [0, 0.1) is 0 Å². The molecular formula is C54H32N2S2. The number of fused-ring (bicyclic) bond motifs is 12. The molecule has 13 aromatic rings. The molecule has 0 aliphatic carbocycles. The van der Waals surface area contributed by atoms with Crippen LogP contribution in [0.2, 0.25) is 0 Å². The van der Waals surface area contributed by atoms with Gasteiger partial charge in [0.1, 0.15) is 0 Å². The summed E-state index contributed by atoms with van der Waals surface area (Å²) in [6.45, 7) is 0. The van der Waals surface area contributed by atoms with E-state index < -0.39 is 6.04 Å². The maximum atomic E-state index is 8.80. The Bertz CT molecular complexity index is 4090. The highest BCUT2D eigenvalue weighted by Crippen LogP contribution is 2.43. The van der Waals surface area contributed by atoms with Gasteiger partial charge in [0.05, 0.1) is 28.9 Å². The Kier molecular flexibility index (Phi) is 5.83. The third-order valence-corrected chi connectivity index (χ3v) is 14.1. The number of nitrogens with zero attached hydrogens (tertiary/aromatic N) is 2. The summed E-state index contributed by atoms with van der Waals surface area (Å²) in [5.41, 5.74) is 9.79. The van der Waals surface area contributed by atoms with E-state index in [1.807, 2.05) is 29.5 Å². The molecular weight excluding hydrogens is 741 g/mol. The van der Waals surface area contributed by atoms with Gasteiger partial charge in [0.15, 0.2) is 0 Å². The first-order chi connectivity index (χ1) is 30.8. The van der Waals surface area contributed by atoms with E-state index in [1.165, 1.54) is 42.0 Å². The van der Waals surface area contributed by atoms with Crippen LogP contribution in [0.1, 0.15) is 6.85 Å². The number of benzene rings is 9. The fourth-order valence-electron chi connectivity index (χ4n) is 9.26. The summed E-state index contributed by atoms with van der Waals surface area (Å²) < 4.78 is 52.0. The Hall–Kier alpha value is -6.98. The van der Waals surface area contributed by atoms with E-state index in [-0.39, 0.29) is 29.7 Å². The van der Waals surface area contributed by atoms with E-state index in [0.29, 0.717) is 5.56 Å². The smallest absolute Gasteiger partial charge is 0.0629 e. The van der Waals surface area contributed by atoms with Crippen LogP contribution in [0.25, 0.3) is 118 Å². The number of hydrogen-bond acceptors (Lipinski definition) is 2. The van der Waals surface area contributed by atoms with Gasteiger partial charge in [-0.15, -0.1) is 22.7 Å². The van der Waals surface area contributed by atoms with Crippen molar-refractivity contribution < 1.29 is 6.85 Å². The molecule has 0 atom stereocenters. The molecule has 270 valence electrons. The topological polar surface area (TPSA) is 9.86 Å². The van der Waals surface area contributed by atoms with Gasteiger partial charge in [-0.3, -0.25) is 0 Å². The van der Waals surface area contributed by atoms with Crippen molar-refractivity contribution in [3.8, 4) is 33.6 Å². The molecule has 4 heterocycles. The highest BCUT2D eigenvalue weighted by atomic mass is 32.1. The highest BCUT2D eigenvalue weighted by Gasteiger charge is 2.18. The molecule has 0 N–H and O–H groups in total. The van der Waals surface area contributed by atoms with Crippen LogP contribution in [0.5, 0.6) is 0 Å². The van der Waals surface area contributed by atoms with Gasteiger partial charge < -0.3 is 9.13 Å². The number of para-hydroxylation sites is 2. The third-order valence-electron chi connectivity index (χ3n) is 11.8. The Morgan fingerprint density at radius 1 is 0.345 bits per heavy atom. The average Bonchev–Trinajstić information content (AvgIpc) is 4.07. The van der Waals surface area contributed by atoms with Gasteiger partial charge in [-0.1, -0.05) is 109 Å². The second-order valence-electron chi connectivity index (χ2n) is 14.9. The van der Waals surface area contributed by atoms with Gasteiger partial charge in [-0.05, 0) is 107 Å². The minimum atomic E-state index is -0.391. The van der Waals surface area contributed by atoms with Crippen LogP contribution in [0.3, 0.4) is 0 Å². The molecule has 4 aromatic heterocycles. The summed E-state index contributed by atoms with van der Waals surface area (Å²) >= 11 is 3.49. The van der Waals surface area contributed by atoms with Gasteiger partial charge in [0, 0.05) is 73.3 Å². The van der Waals surface area contributed by atoms with Crippen molar-refractivity contribution in [2.45, 2.75) is 0 Å². The zero-order valence-electron chi connectivity index (χ0n) is 35.8. The summed E-state index contributed by atoms with van der Waals surface area (Å²) in [6, 6.07) is 57.2. The zero-order chi connectivity index (χ0) is 42.2. The monoisotopic (exact) mass is 777 g/mol. The lowest BCUT2D eigenvalue weighted by Gasteiger charge is -2.10. The quantitative estimate of drug-likeness (QED) is 0.168. The lowest BCUT2D eigenvalue weighted by molar-refractivity contribution is 1.19. The largest absolute Gasteiger partial charge is 0.309 e. The molecule has 0 amide bonds. The highest BCUT2D eigenvalue weighted by molar-refractivity contribution is 7.26. The molecule has 4 heteroatoms. The minimum absolute atomic E-state index is 0.197. The van der Waals surface area contributed by atoms with Crippen molar-refractivity contribution in [1.82, 2.24) is 9.13 Å². The van der Waals surface area contributed by atoms with Crippen molar-refractivity contribution in [3.05, 3.63) is 194 Å². The Labute approximate surface area is 348 Å². The molecule has 9 aromatic carbocycles. The number of hydrogen-bond donors (Lipinski definition) is 0. The maximum Gasteiger partial charge on any atom is 0.0629 e. The van der Waals surface area contributed by atoms with E-state index in [4.69, 9.17) is 6.85 Å². The lowest BCUT2D eigenvalue weighted by Crippen LogP contribution is -1.94. The number of aromatic nitrogens is 2. The predicted molar refractivity (Wildman–Crippen MR) is 252 cm³/mol. The van der Waals surface area contributed by atoms with Gasteiger partial charge >= 0.3 is 0 Å². The summed E-state index contributed by atoms with van der Waals surface area (Å²) in [5.74, 6) is 0. The van der Waals surface area contributed by atoms with Crippen LogP contribution in [0.4, 0.5) is 0 Å². The number of rotatable bonds is 4. The molecule has 0 saturated carbocycles. The van der Waals surface area contributed by atoms with Crippen molar-refractivity contribution >= 4 is 107 Å².